The van der Waals surface area contributed by atoms with Gasteiger partial charge in [0.25, 0.3) is 5.56 Å². The summed E-state index contributed by atoms with van der Waals surface area (Å²) < 4.78 is 11.7. The van der Waals surface area contributed by atoms with Crippen LogP contribution in [-0.4, -0.2) is 40.7 Å². The van der Waals surface area contributed by atoms with Crippen molar-refractivity contribution >= 4 is 29.3 Å². The molecule has 0 atom stereocenters. The summed E-state index contributed by atoms with van der Waals surface area (Å²) >= 11 is 1.29. The predicted molar refractivity (Wildman–Crippen MR) is 102 cm³/mol. The van der Waals surface area contributed by atoms with Gasteiger partial charge >= 0.3 is 0 Å². The van der Waals surface area contributed by atoms with Crippen molar-refractivity contribution in [1.29, 1.82) is 0 Å². The van der Waals surface area contributed by atoms with Crippen LogP contribution in [0.3, 0.4) is 0 Å². The Bertz CT molecular complexity index is 1010. The van der Waals surface area contributed by atoms with E-state index in [0.29, 0.717) is 28.6 Å². The van der Waals surface area contributed by atoms with Crippen LogP contribution in [-0.2, 0) is 22.7 Å². The molecule has 2 aliphatic rings. The molecule has 4 rings (SSSR count). The number of hydrogen-bond acceptors (Lipinski definition) is 7. The van der Waals surface area contributed by atoms with E-state index in [1.165, 1.54) is 22.9 Å². The summed E-state index contributed by atoms with van der Waals surface area (Å²) in [6.45, 7) is 2.44. The van der Waals surface area contributed by atoms with E-state index in [0.717, 1.165) is 10.2 Å². The summed E-state index contributed by atoms with van der Waals surface area (Å²) in [5.41, 5.74) is 0.697. The summed E-state index contributed by atoms with van der Waals surface area (Å²) in [6.07, 6.45) is 1.53. The minimum absolute atomic E-state index is 0.123. The van der Waals surface area contributed by atoms with Crippen LogP contribution in [0.4, 0.5) is 5.69 Å². The number of rotatable bonds is 5. The zero-order valence-corrected chi connectivity index (χ0v) is 16.0. The number of thioether (sulfide) groups is 1. The number of carbonyl (C=O) groups is 2. The molecule has 146 valence electrons. The topological polar surface area (TPSA) is 103 Å². The lowest BCUT2D eigenvalue weighted by Crippen LogP contribution is -2.42. The Morgan fingerprint density at radius 3 is 2.93 bits per heavy atom. The minimum Gasteiger partial charge on any atom is -0.454 e. The quantitative estimate of drug-likeness (QED) is 0.787. The average molecular weight is 402 g/mol. The molecule has 0 saturated carbocycles. The molecule has 0 bridgehead atoms. The highest BCUT2D eigenvalue weighted by molar-refractivity contribution is 8.00. The van der Waals surface area contributed by atoms with Gasteiger partial charge in [-0.2, -0.15) is 5.10 Å². The molecule has 28 heavy (non-hydrogen) atoms. The molecule has 1 aromatic heterocycles. The molecule has 0 radical (unpaired) electrons. The number of hydrogen-bond donors (Lipinski definition) is 1. The highest BCUT2D eigenvalue weighted by atomic mass is 32.2. The summed E-state index contributed by atoms with van der Waals surface area (Å²) in [4.78, 5) is 39.2. The van der Waals surface area contributed by atoms with Crippen molar-refractivity contribution in [3.05, 3.63) is 40.3 Å². The third-order valence-corrected chi connectivity index (χ3v) is 5.44. The van der Waals surface area contributed by atoms with Gasteiger partial charge in [-0.3, -0.25) is 14.4 Å². The molecule has 0 spiro atoms. The minimum atomic E-state index is -0.446. The maximum atomic E-state index is 12.7. The zero-order valence-electron chi connectivity index (χ0n) is 15.1. The van der Waals surface area contributed by atoms with Gasteiger partial charge < -0.3 is 19.7 Å². The highest BCUT2D eigenvalue weighted by Crippen LogP contribution is 2.32. The largest absolute Gasteiger partial charge is 0.454 e. The summed E-state index contributed by atoms with van der Waals surface area (Å²) in [6, 6.07) is 5.42. The number of aromatic nitrogens is 2. The molecule has 2 aliphatic heterocycles. The normalized spacial score (nSPS) is 14.8. The van der Waals surface area contributed by atoms with Crippen molar-refractivity contribution in [2.24, 2.45) is 0 Å². The lowest BCUT2D eigenvalue weighted by molar-refractivity contribution is -0.122. The first-order valence-electron chi connectivity index (χ1n) is 8.75. The zero-order chi connectivity index (χ0) is 19.7. The van der Waals surface area contributed by atoms with E-state index < -0.39 is 5.56 Å². The Balaban J connectivity index is 1.45. The van der Waals surface area contributed by atoms with Crippen molar-refractivity contribution < 1.29 is 19.1 Å². The van der Waals surface area contributed by atoms with Gasteiger partial charge in [0.15, 0.2) is 11.5 Å². The number of nitrogens with one attached hydrogen (secondary N) is 1. The van der Waals surface area contributed by atoms with Gasteiger partial charge in [0, 0.05) is 13.1 Å². The Morgan fingerprint density at radius 1 is 1.29 bits per heavy atom. The van der Waals surface area contributed by atoms with E-state index in [1.54, 1.807) is 19.1 Å². The number of anilines is 1. The first-order chi connectivity index (χ1) is 13.6. The third kappa shape index (κ3) is 3.42. The van der Waals surface area contributed by atoms with Gasteiger partial charge in [0.1, 0.15) is 12.2 Å². The van der Waals surface area contributed by atoms with Crippen molar-refractivity contribution in [3.63, 3.8) is 0 Å². The van der Waals surface area contributed by atoms with Crippen LogP contribution in [0, 0.1) is 0 Å². The lowest BCUT2D eigenvalue weighted by Gasteiger charge is -2.26. The number of ether oxygens (including phenoxy) is 2. The fourth-order valence-electron chi connectivity index (χ4n) is 3.05. The predicted octanol–water partition coefficient (Wildman–Crippen LogP) is 0.747. The number of amides is 2. The molecule has 0 aliphatic carbocycles. The summed E-state index contributed by atoms with van der Waals surface area (Å²) in [5, 5.41) is 6.83. The Kier molecular flexibility index (Phi) is 4.95. The van der Waals surface area contributed by atoms with Gasteiger partial charge in [-0.15, -0.1) is 11.8 Å². The maximum absolute atomic E-state index is 12.7. The molecule has 2 aromatic rings. The Labute approximate surface area is 164 Å². The summed E-state index contributed by atoms with van der Waals surface area (Å²) in [5.74, 6) is 1.11. The summed E-state index contributed by atoms with van der Waals surface area (Å²) in [7, 11) is 0. The van der Waals surface area contributed by atoms with Crippen molar-refractivity contribution in [1.82, 2.24) is 15.1 Å². The second-order valence-corrected chi connectivity index (χ2v) is 7.23. The van der Waals surface area contributed by atoms with E-state index in [-0.39, 0.29) is 37.4 Å². The van der Waals surface area contributed by atoms with Crippen LogP contribution in [0.1, 0.15) is 12.5 Å². The molecule has 0 saturated heterocycles. The molecule has 2 amide bonds. The molecule has 0 fully saturated rings. The van der Waals surface area contributed by atoms with Crippen molar-refractivity contribution in [3.8, 4) is 11.5 Å². The number of benzene rings is 1. The molecule has 1 aromatic carbocycles. The van der Waals surface area contributed by atoms with Crippen LogP contribution in [0.15, 0.2) is 34.1 Å². The van der Waals surface area contributed by atoms with E-state index in [1.807, 2.05) is 6.07 Å². The third-order valence-electron chi connectivity index (χ3n) is 4.44. The van der Waals surface area contributed by atoms with Crippen molar-refractivity contribution in [2.75, 3.05) is 24.0 Å². The van der Waals surface area contributed by atoms with Gasteiger partial charge in [0.05, 0.1) is 16.8 Å². The van der Waals surface area contributed by atoms with E-state index in [4.69, 9.17) is 9.47 Å². The molecule has 0 unspecified atom stereocenters. The van der Waals surface area contributed by atoms with Crippen LogP contribution in [0.25, 0.3) is 0 Å². The number of nitrogens with zero attached hydrogens (tertiary/aromatic N) is 3. The smallest absolute Gasteiger partial charge is 0.292 e. The number of carbonyl (C=O) groups excluding carboxylic acids is 2. The van der Waals surface area contributed by atoms with Gasteiger partial charge in [-0.1, -0.05) is 6.07 Å². The second-order valence-electron chi connectivity index (χ2n) is 6.21. The average Bonchev–Trinajstić information content (AvgIpc) is 3.16. The first kappa shape index (κ1) is 18.4. The first-order valence-corrected chi connectivity index (χ1v) is 9.74. The van der Waals surface area contributed by atoms with Crippen LogP contribution in [0.5, 0.6) is 11.5 Å². The van der Waals surface area contributed by atoms with E-state index in [9.17, 15) is 14.4 Å². The molecular weight excluding hydrogens is 384 g/mol. The van der Waals surface area contributed by atoms with E-state index in [2.05, 4.69) is 10.4 Å². The lowest BCUT2D eigenvalue weighted by atomic mass is 10.2. The Hall–Kier alpha value is -3.01. The second kappa shape index (κ2) is 7.55. The molecule has 1 N–H and O–H groups in total. The van der Waals surface area contributed by atoms with Gasteiger partial charge in [-0.25, -0.2) is 4.68 Å². The monoisotopic (exact) mass is 402 g/mol. The fraction of sp³-hybridized carbons (Fsp3) is 0.333. The van der Waals surface area contributed by atoms with Crippen LogP contribution >= 0.6 is 11.8 Å². The standard InChI is InChI=1S/C18H18N4O5S/c1-2-21-16(24)9-28-14-7-20-22(18(25)17(14)21)8-15(23)19-6-11-3-4-12-13(5-11)27-10-26-12/h3-5,7H,2,6,8-10H2,1H3,(H,19,23). The molecule has 3 heterocycles. The molecule has 10 heteroatoms. The van der Waals surface area contributed by atoms with Crippen molar-refractivity contribution in [2.45, 2.75) is 24.9 Å². The van der Waals surface area contributed by atoms with E-state index >= 15 is 0 Å². The molecular formula is C18H18N4O5S. The van der Waals surface area contributed by atoms with Gasteiger partial charge in [0.2, 0.25) is 18.6 Å². The fourth-order valence-corrected chi connectivity index (χ4v) is 3.94. The van der Waals surface area contributed by atoms with Crippen LogP contribution in [0.2, 0.25) is 0 Å². The maximum Gasteiger partial charge on any atom is 0.292 e. The van der Waals surface area contributed by atoms with Gasteiger partial charge in [-0.05, 0) is 24.6 Å². The van der Waals surface area contributed by atoms with Crippen LogP contribution < -0.4 is 25.2 Å². The SMILES string of the molecule is CCN1C(=O)CSc2cnn(CC(=O)NCc3ccc4c(c3)OCO4)c(=O)c21. The Morgan fingerprint density at radius 2 is 2.11 bits per heavy atom. The highest BCUT2D eigenvalue weighted by Gasteiger charge is 2.28. The number of fused-ring (bicyclic) bond motifs is 2. The molecule has 9 nitrogen and oxygen atoms in total.